The van der Waals surface area contributed by atoms with E-state index in [-0.39, 0.29) is 27.5 Å². The Bertz CT molecular complexity index is 1250. The van der Waals surface area contributed by atoms with Crippen LogP contribution in [0.4, 0.5) is 25.3 Å². The summed E-state index contributed by atoms with van der Waals surface area (Å²) in [6.45, 7) is 2.68. The van der Waals surface area contributed by atoms with Crippen molar-refractivity contribution < 1.29 is 28.2 Å². The number of anilines is 1. The molecule has 3 aromatic rings. The van der Waals surface area contributed by atoms with E-state index in [0.29, 0.717) is 38.9 Å². The molecule has 0 atom stereocenters. The summed E-state index contributed by atoms with van der Waals surface area (Å²) in [6.07, 6.45) is 0. The topological polar surface area (TPSA) is 132 Å². The zero-order valence-corrected chi connectivity index (χ0v) is 18.3. The summed E-state index contributed by atoms with van der Waals surface area (Å²) < 4.78 is 33.4. The third kappa shape index (κ3) is 4.98. The second-order valence-electron chi connectivity index (χ2n) is 7.39. The molecule has 1 amide bonds. The van der Waals surface area contributed by atoms with Gasteiger partial charge in [0, 0.05) is 44.4 Å². The van der Waals surface area contributed by atoms with Crippen LogP contribution in [0.3, 0.4) is 0 Å². The lowest BCUT2D eigenvalue weighted by Crippen LogP contribution is -2.43. The Balaban J connectivity index is 1.74. The largest absolute Gasteiger partial charge is 0.379 e. The van der Waals surface area contributed by atoms with Gasteiger partial charge in [-0.05, 0) is 6.07 Å². The van der Waals surface area contributed by atoms with Gasteiger partial charge in [-0.15, -0.1) is 0 Å². The Morgan fingerprint density at radius 1 is 1.09 bits per heavy atom. The van der Waals surface area contributed by atoms with Crippen molar-refractivity contribution in [3.63, 3.8) is 0 Å². The Hall–Kier alpha value is -3.62. The highest BCUT2D eigenvalue weighted by Crippen LogP contribution is 2.33. The van der Waals surface area contributed by atoms with Crippen molar-refractivity contribution in [1.29, 1.82) is 0 Å². The number of non-ortho nitro benzene ring substituents is 2. The van der Waals surface area contributed by atoms with Crippen LogP contribution in [0.5, 0.6) is 0 Å². The molecular weight excluding hydrogens is 476 g/mol. The van der Waals surface area contributed by atoms with Crippen LogP contribution in [0, 0.1) is 31.9 Å². The molecule has 1 saturated heterocycles. The zero-order chi connectivity index (χ0) is 24.4. The SMILES string of the molecule is O=C(c1cc([N+](=O)[O-])cc([N+](=O)[O-])c1)N(CCN1CCOCC1)c1nc2c(F)cc(F)cc2s1. The van der Waals surface area contributed by atoms with E-state index in [4.69, 9.17) is 4.74 Å². The number of hydrogen-bond acceptors (Lipinski definition) is 9. The van der Waals surface area contributed by atoms with Crippen molar-refractivity contribution in [2.75, 3.05) is 44.3 Å². The molecule has 2 heterocycles. The smallest absolute Gasteiger partial charge is 0.277 e. The third-order valence-corrected chi connectivity index (χ3v) is 6.22. The first-order valence-corrected chi connectivity index (χ1v) is 10.9. The number of aromatic nitrogens is 1. The molecule has 1 aliphatic heterocycles. The van der Waals surface area contributed by atoms with E-state index in [1.54, 1.807) is 0 Å². The van der Waals surface area contributed by atoms with Crippen molar-refractivity contribution in [3.05, 3.63) is 67.8 Å². The van der Waals surface area contributed by atoms with Gasteiger partial charge >= 0.3 is 0 Å². The summed E-state index contributed by atoms with van der Waals surface area (Å²) >= 11 is 0.867. The van der Waals surface area contributed by atoms with E-state index >= 15 is 0 Å². The lowest BCUT2D eigenvalue weighted by Gasteiger charge is -2.29. The molecule has 0 unspecified atom stereocenters. The lowest BCUT2D eigenvalue weighted by molar-refractivity contribution is -0.394. The highest BCUT2D eigenvalue weighted by molar-refractivity contribution is 7.22. The van der Waals surface area contributed by atoms with E-state index < -0.39 is 38.8 Å². The monoisotopic (exact) mass is 493 g/mol. The molecule has 1 aliphatic rings. The fourth-order valence-corrected chi connectivity index (χ4v) is 4.53. The average molecular weight is 493 g/mol. The Labute approximate surface area is 194 Å². The van der Waals surface area contributed by atoms with Crippen LogP contribution >= 0.6 is 11.3 Å². The van der Waals surface area contributed by atoms with Crippen molar-refractivity contribution in [2.24, 2.45) is 0 Å². The normalized spacial score (nSPS) is 14.3. The number of benzene rings is 2. The van der Waals surface area contributed by atoms with Crippen molar-refractivity contribution in [1.82, 2.24) is 9.88 Å². The number of carbonyl (C=O) groups is 1. The number of rotatable bonds is 7. The standard InChI is InChI=1S/C20H17F2N5O6S/c21-13-9-16(22)18-17(10-13)34-20(23-18)25(2-1-24-3-5-33-6-4-24)19(28)12-7-14(26(29)30)11-15(8-12)27(31)32/h7-11H,1-6H2. The second-order valence-corrected chi connectivity index (χ2v) is 8.40. The van der Waals surface area contributed by atoms with Gasteiger partial charge in [-0.25, -0.2) is 13.8 Å². The summed E-state index contributed by atoms with van der Waals surface area (Å²) in [4.78, 5) is 41.6. The molecule has 0 spiro atoms. The first-order valence-electron chi connectivity index (χ1n) is 10.0. The molecule has 2 aromatic carbocycles. The van der Waals surface area contributed by atoms with Crippen LogP contribution < -0.4 is 4.90 Å². The molecule has 0 radical (unpaired) electrons. The maximum Gasteiger partial charge on any atom is 0.277 e. The number of ether oxygens (including phenoxy) is 1. The van der Waals surface area contributed by atoms with Gasteiger partial charge in [0.05, 0.1) is 39.4 Å². The molecule has 4 rings (SSSR count). The van der Waals surface area contributed by atoms with Crippen molar-refractivity contribution in [2.45, 2.75) is 0 Å². The maximum absolute atomic E-state index is 14.2. The highest BCUT2D eigenvalue weighted by atomic mass is 32.1. The molecule has 1 aromatic heterocycles. The van der Waals surface area contributed by atoms with Crippen LogP contribution in [0.15, 0.2) is 30.3 Å². The highest BCUT2D eigenvalue weighted by Gasteiger charge is 2.27. The van der Waals surface area contributed by atoms with E-state index in [2.05, 4.69) is 4.98 Å². The average Bonchev–Trinajstić information content (AvgIpc) is 3.23. The fraction of sp³-hybridized carbons (Fsp3) is 0.300. The van der Waals surface area contributed by atoms with Gasteiger partial charge in [-0.3, -0.25) is 34.8 Å². The molecule has 0 aliphatic carbocycles. The lowest BCUT2D eigenvalue weighted by atomic mass is 10.1. The number of thiazole rings is 1. The number of nitrogens with zero attached hydrogens (tertiary/aromatic N) is 5. The van der Waals surface area contributed by atoms with Crippen LogP contribution in [-0.4, -0.2) is 65.0 Å². The number of amides is 1. The zero-order valence-electron chi connectivity index (χ0n) is 17.5. The fourth-order valence-electron chi connectivity index (χ4n) is 3.50. The molecule has 11 nitrogen and oxygen atoms in total. The molecule has 0 N–H and O–H groups in total. The first kappa shape index (κ1) is 23.5. The summed E-state index contributed by atoms with van der Waals surface area (Å²) in [7, 11) is 0. The molecule has 1 fully saturated rings. The summed E-state index contributed by atoms with van der Waals surface area (Å²) in [5.41, 5.74) is -1.67. The number of nitro groups is 2. The summed E-state index contributed by atoms with van der Waals surface area (Å²) in [5, 5.41) is 22.6. The van der Waals surface area contributed by atoms with Gasteiger partial charge < -0.3 is 4.74 Å². The number of hydrogen-bond donors (Lipinski definition) is 0. The number of fused-ring (bicyclic) bond motifs is 1. The Morgan fingerprint density at radius 2 is 1.74 bits per heavy atom. The van der Waals surface area contributed by atoms with Crippen LogP contribution in [0.25, 0.3) is 10.2 Å². The quantitative estimate of drug-likeness (QED) is 0.362. The van der Waals surface area contributed by atoms with E-state index in [9.17, 15) is 33.8 Å². The maximum atomic E-state index is 14.2. The minimum absolute atomic E-state index is 0.0342. The van der Waals surface area contributed by atoms with Gasteiger partial charge in [0.15, 0.2) is 10.9 Å². The molecule has 0 saturated carbocycles. The third-order valence-electron chi connectivity index (χ3n) is 5.19. The van der Waals surface area contributed by atoms with E-state index in [1.165, 1.54) is 4.90 Å². The number of nitro benzene ring substituents is 2. The van der Waals surface area contributed by atoms with E-state index in [1.807, 2.05) is 4.90 Å². The van der Waals surface area contributed by atoms with Crippen molar-refractivity contribution >= 4 is 44.0 Å². The Morgan fingerprint density at radius 3 is 2.35 bits per heavy atom. The second kappa shape index (κ2) is 9.70. The van der Waals surface area contributed by atoms with Crippen molar-refractivity contribution in [3.8, 4) is 0 Å². The number of carbonyl (C=O) groups excluding carboxylic acids is 1. The Kier molecular flexibility index (Phi) is 6.72. The van der Waals surface area contributed by atoms with Crippen LogP contribution in [0.1, 0.15) is 10.4 Å². The summed E-state index contributed by atoms with van der Waals surface area (Å²) in [6, 6.07) is 4.39. The molecule has 14 heteroatoms. The van der Waals surface area contributed by atoms with E-state index in [0.717, 1.165) is 35.6 Å². The number of morpholine rings is 1. The van der Waals surface area contributed by atoms with Crippen LogP contribution in [0.2, 0.25) is 0 Å². The van der Waals surface area contributed by atoms with Gasteiger partial charge in [0.2, 0.25) is 0 Å². The minimum Gasteiger partial charge on any atom is -0.379 e. The van der Waals surface area contributed by atoms with Gasteiger partial charge in [0.25, 0.3) is 17.3 Å². The number of halogens is 2. The molecule has 178 valence electrons. The van der Waals surface area contributed by atoms with Gasteiger partial charge in [-0.1, -0.05) is 11.3 Å². The summed E-state index contributed by atoms with van der Waals surface area (Å²) in [5.74, 6) is -2.50. The first-order chi connectivity index (χ1) is 16.2. The predicted octanol–water partition coefficient (Wildman–Crippen LogP) is 3.37. The van der Waals surface area contributed by atoms with Crippen LogP contribution in [-0.2, 0) is 4.74 Å². The minimum atomic E-state index is -0.899. The van der Waals surface area contributed by atoms with Gasteiger partial charge in [-0.2, -0.15) is 0 Å². The molecule has 34 heavy (non-hydrogen) atoms. The molecular formula is C20H17F2N5O6S. The predicted molar refractivity (Wildman–Crippen MR) is 118 cm³/mol. The molecule has 0 bridgehead atoms. The van der Waals surface area contributed by atoms with Gasteiger partial charge in [0.1, 0.15) is 11.3 Å².